The quantitative estimate of drug-likeness (QED) is 0.805. The number of hydrogen-bond donors (Lipinski definition) is 1. The number of rotatable bonds is 1. The summed E-state index contributed by atoms with van der Waals surface area (Å²) in [5.74, 6) is 0.0423. The summed E-state index contributed by atoms with van der Waals surface area (Å²) < 4.78 is 0. The largest absolute Gasteiger partial charge is 0.331 e. The van der Waals surface area contributed by atoms with Gasteiger partial charge in [-0.3, -0.25) is 9.69 Å². The minimum Gasteiger partial charge on any atom is -0.331 e. The number of nitrogens with one attached hydrogen (secondary N) is 1. The number of carbonyl (C=O) groups excluding carboxylic acids is 1. The zero-order chi connectivity index (χ0) is 12.4. The summed E-state index contributed by atoms with van der Waals surface area (Å²) >= 11 is 17.0. The van der Waals surface area contributed by atoms with E-state index in [4.69, 9.17) is 35.4 Å². The van der Waals surface area contributed by atoms with Gasteiger partial charge in [0.2, 0.25) is 5.91 Å². The first-order valence-corrected chi connectivity index (χ1v) is 6.31. The molecule has 1 amide bonds. The molecule has 0 aliphatic carbocycles. The third-order valence-corrected chi connectivity index (χ3v) is 3.38. The minimum atomic E-state index is 0.0423. The second-order valence-electron chi connectivity index (χ2n) is 3.70. The van der Waals surface area contributed by atoms with Gasteiger partial charge in [-0.15, -0.1) is 0 Å². The van der Waals surface area contributed by atoms with E-state index < -0.39 is 0 Å². The lowest BCUT2D eigenvalue weighted by molar-refractivity contribution is -0.124. The van der Waals surface area contributed by atoms with Gasteiger partial charge in [0.15, 0.2) is 5.11 Å². The standard InChI is InChI=1S/C11H10Cl2N2OS/c12-7-3-4-8(13)9(6-7)14-11(17)15-5-1-2-10(15)16/h3-4,6H,1-2,5H2,(H,14,17). The van der Waals surface area contributed by atoms with Crippen LogP contribution in [0.1, 0.15) is 12.8 Å². The number of halogens is 2. The van der Waals surface area contributed by atoms with Crippen molar-refractivity contribution in [1.29, 1.82) is 0 Å². The maximum Gasteiger partial charge on any atom is 0.228 e. The molecule has 17 heavy (non-hydrogen) atoms. The minimum absolute atomic E-state index is 0.0423. The van der Waals surface area contributed by atoms with Gasteiger partial charge in [-0.25, -0.2) is 0 Å². The Hall–Kier alpha value is -0.840. The van der Waals surface area contributed by atoms with Crippen molar-refractivity contribution < 1.29 is 4.79 Å². The normalized spacial score (nSPS) is 15.2. The van der Waals surface area contributed by atoms with Gasteiger partial charge in [0.25, 0.3) is 0 Å². The van der Waals surface area contributed by atoms with Crippen LogP contribution in [0.5, 0.6) is 0 Å². The molecular weight excluding hydrogens is 279 g/mol. The van der Waals surface area contributed by atoms with Gasteiger partial charge in [0.05, 0.1) is 10.7 Å². The van der Waals surface area contributed by atoms with E-state index in [1.807, 2.05) is 0 Å². The topological polar surface area (TPSA) is 32.3 Å². The summed E-state index contributed by atoms with van der Waals surface area (Å²) in [7, 11) is 0. The molecule has 0 atom stereocenters. The Morgan fingerprint density at radius 2 is 2.18 bits per heavy atom. The van der Waals surface area contributed by atoms with Gasteiger partial charge in [0.1, 0.15) is 0 Å². The fourth-order valence-electron chi connectivity index (χ4n) is 1.64. The highest BCUT2D eigenvalue weighted by Crippen LogP contribution is 2.26. The van der Waals surface area contributed by atoms with Crippen molar-refractivity contribution in [2.45, 2.75) is 12.8 Å². The third-order valence-electron chi connectivity index (χ3n) is 2.49. The molecule has 1 saturated heterocycles. The van der Waals surface area contributed by atoms with Crippen LogP contribution in [0, 0.1) is 0 Å². The molecule has 1 aromatic carbocycles. The van der Waals surface area contributed by atoms with Gasteiger partial charge >= 0.3 is 0 Å². The highest BCUT2D eigenvalue weighted by atomic mass is 35.5. The molecule has 0 unspecified atom stereocenters. The van der Waals surface area contributed by atoms with Gasteiger partial charge in [-0.2, -0.15) is 0 Å². The molecule has 1 heterocycles. The van der Waals surface area contributed by atoms with Crippen molar-refractivity contribution in [2.24, 2.45) is 0 Å². The zero-order valence-electron chi connectivity index (χ0n) is 8.87. The first kappa shape index (κ1) is 12.6. The number of hydrogen-bond acceptors (Lipinski definition) is 2. The van der Waals surface area contributed by atoms with Crippen molar-refractivity contribution in [1.82, 2.24) is 4.90 Å². The molecule has 1 aliphatic heterocycles. The van der Waals surface area contributed by atoms with Crippen LogP contribution >= 0.6 is 35.4 Å². The lowest BCUT2D eigenvalue weighted by atomic mass is 10.3. The molecule has 0 aromatic heterocycles. The van der Waals surface area contributed by atoms with E-state index in [0.717, 1.165) is 6.42 Å². The summed E-state index contributed by atoms with van der Waals surface area (Å²) in [6, 6.07) is 5.05. The van der Waals surface area contributed by atoms with Gasteiger partial charge in [-0.05, 0) is 36.8 Å². The lowest BCUT2D eigenvalue weighted by Crippen LogP contribution is -2.35. The number of anilines is 1. The fourth-order valence-corrected chi connectivity index (χ4v) is 2.28. The van der Waals surface area contributed by atoms with E-state index >= 15 is 0 Å². The zero-order valence-corrected chi connectivity index (χ0v) is 11.2. The maximum absolute atomic E-state index is 11.5. The average Bonchev–Trinajstić information content (AvgIpc) is 2.70. The summed E-state index contributed by atoms with van der Waals surface area (Å²) in [5.41, 5.74) is 0.615. The van der Waals surface area contributed by atoms with Gasteiger partial charge in [0, 0.05) is 18.0 Å². The Morgan fingerprint density at radius 3 is 2.82 bits per heavy atom. The first-order chi connectivity index (χ1) is 8.08. The number of likely N-dealkylation sites (tertiary alicyclic amines) is 1. The van der Waals surface area contributed by atoms with E-state index in [0.29, 0.717) is 33.8 Å². The second kappa shape index (κ2) is 5.21. The maximum atomic E-state index is 11.5. The Morgan fingerprint density at radius 1 is 1.41 bits per heavy atom. The van der Waals surface area contributed by atoms with Crippen LogP contribution in [0.25, 0.3) is 0 Å². The Kier molecular flexibility index (Phi) is 3.86. The Bertz CT molecular complexity index is 479. The predicted octanol–water partition coefficient (Wildman–Crippen LogP) is 3.31. The molecule has 0 spiro atoms. The van der Waals surface area contributed by atoms with E-state index in [1.54, 1.807) is 23.1 Å². The fraction of sp³-hybridized carbons (Fsp3) is 0.273. The Labute approximate surface area is 115 Å². The molecule has 1 aromatic rings. The first-order valence-electron chi connectivity index (χ1n) is 5.14. The monoisotopic (exact) mass is 288 g/mol. The molecule has 1 fully saturated rings. The molecule has 6 heteroatoms. The van der Waals surface area contributed by atoms with E-state index in [1.165, 1.54) is 0 Å². The molecular formula is C11H10Cl2N2OS. The van der Waals surface area contributed by atoms with E-state index in [-0.39, 0.29) is 5.91 Å². The third kappa shape index (κ3) is 2.89. The smallest absolute Gasteiger partial charge is 0.228 e. The van der Waals surface area contributed by atoms with E-state index in [9.17, 15) is 4.79 Å². The molecule has 0 bridgehead atoms. The van der Waals surface area contributed by atoms with Crippen molar-refractivity contribution in [3.8, 4) is 0 Å². The van der Waals surface area contributed by atoms with Crippen molar-refractivity contribution in [3.63, 3.8) is 0 Å². The average molecular weight is 289 g/mol. The molecule has 2 rings (SSSR count). The number of thiocarbonyl (C=S) groups is 1. The molecule has 90 valence electrons. The number of benzene rings is 1. The Balaban J connectivity index is 2.12. The van der Waals surface area contributed by atoms with Crippen LogP contribution in [0.15, 0.2) is 18.2 Å². The molecule has 1 aliphatic rings. The number of nitrogens with zero attached hydrogens (tertiary/aromatic N) is 1. The highest BCUT2D eigenvalue weighted by Gasteiger charge is 2.24. The summed E-state index contributed by atoms with van der Waals surface area (Å²) in [4.78, 5) is 13.0. The predicted molar refractivity (Wildman–Crippen MR) is 73.6 cm³/mol. The van der Waals surface area contributed by atoms with Gasteiger partial charge in [-0.1, -0.05) is 23.2 Å². The number of carbonyl (C=O) groups is 1. The molecule has 0 radical (unpaired) electrons. The molecule has 1 N–H and O–H groups in total. The summed E-state index contributed by atoms with van der Waals surface area (Å²) in [5, 5.41) is 4.39. The van der Waals surface area contributed by atoms with Crippen LogP contribution in [-0.2, 0) is 4.79 Å². The van der Waals surface area contributed by atoms with Crippen LogP contribution in [0.2, 0.25) is 10.0 Å². The SMILES string of the molecule is O=C1CCCN1C(=S)Nc1cc(Cl)ccc1Cl. The molecule has 0 saturated carbocycles. The van der Waals surface area contributed by atoms with E-state index in [2.05, 4.69) is 5.32 Å². The van der Waals surface area contributed by atoms with Crippen LogP contribution in [0.4, 0.5) is 5.69 Å². The lowest BCUT2D eigenvalue weighted by Gasteiger charge is -2.18. The summed E-state index contributed by atoms with van der Waals surface area (Å²) in [6.07, 6.45) is 1.38. The van der Waals surface area contributed by atoms with Crippen molar-refractivity contribution >= 4 is 52.1 Å². The van der Waals surface area contributed by atoms with Crippen molar-refractivity contribution in [3.05, 3.63) is 28.2 Å². The molecule has 3 nitrogen and oxygen atoms in total. The second-order valence-corrected chi connectivity index (χ2v) is 4.93. The van der Waals surface area contributed by atoms with Crippen LogP contribution in [-0.4, -0.2) is 22.5 Å². The number of amides is 1. The van der Waals surface area contributed by atoms with Crippen LogP contribution in [0.3, 0.4) is 0 Å². The van der Waals surface area contributed by atoms with Crippen LogP contribution < -0.4 is 5.32 Å². The summed E-state index contributed by atoms with van der Waals surface area (Å²) in [6.45, 7) is 0.656. The van der Waals surface area contributed by atoms with Gasteiger partial charge < -0.3 is 5.32 Å². The highest BCUT2D eigenvalue weighted by molar-refractivity contribution is 7.80. The van der Waals surface area contributed by atoms with Crippen molar-refractivity contribution in [2.75, 3.05) is 11.9 Å².